The Morgan fingerprint density at radius 3 is 2.78 bits per heavy atom. The zero-order valence-electron chi connectivity index (χ0n) is 12.3. The lowest BCUT2D eigenvalue weighted by Gasteiger charge is -2.19. The summed E-state index contributed by atoms with van der Waals surface area (Å²) in [5.41, 5.74) is 0.217. The van der Waals surface area contributed by atoms with Gasteiger partial charge in [0.25, 0.3) is 0 Å². The molecule has 7 heteroatoms. The van der Waals surface area contributed by atoms with Crippen LogP contribution in [-0.4, -0.2) is 31.6 Å². The molecule has 1 aromatic heterocycles. The van der Waals surface area contributed by atoms with E-state index in [4.69, 9.17) is 25.8 Å². The summed E-state index contributed by atoms with van der Waals surface area (Å²) >= 11 is 7.44. The van der Waals surface area contributed by atoms with E-state index in [9.17, 15) is 9.59 Å². The van der Waals surface area contributed by atoms with Gasteiger partial charge in [-0.05, 0) is 31.2 Å². The molecule has 0 radical (unpaired) electrons. The topological polar surface area (TPSA) is 61.8 Å². The first-order chi connectivity index (χ1) is 11.0. The van der Waals surface area contributed by atoms with Crippen LogP contribution in [0.25, 0.3) is 0 Å². The zero-order chi connectivity index (χ0) is 16.4. The Hall–Kier alpha value is -2.05. The predicted octanol–water partition coefficient (Wildman–Crippen LogP) is 3.52. The second kappa shape index (κ2) is 6.60. The number of ketones is 1. The molecule has 0 bridgehead atoms. The summed E-state index contributed by atoms with van der Waals surface area (Å²) in [5.74, 6) is -0.0545. The van der Waals surface area contributed by atoms with Gasteiger partial charge in [-0.3, -0.25) is 4.79 Å². The van der Waals surface area contributed by atoms with Gasteiger partial charge in [-0.2, -0.15) is 0 Å². The molecule has 0 atom stereocenters. The van der Waals surface area contributed by atoms with E-state index in [1.165, 1.54) is 23.5 Å². The van der Waals surface area contributed by atoms with Crippen LogP contribution >= 0.6 is 22.9 Å². The third-order valence-electron chi connectivity index (χ3n) is 3.18. The Kier molecular flexibility index (Phi) is 4.54. The Morgan fingerprint density at radius 2 is 2.04 bits per heavy atom. The summed E-state index contributed by atoms with van der Waals surface area (Å²) < 4.78 is 15.9. The first-order valence-corrected chi connectivity index (χ1v) is 8.10. The number of rotatable bonds is 4. The molecule has 0 amide bonds. The fraction of sp³-hybridized carbons (Fsp3) is 0.250. The lowest BCUT2D eigenvalue weighted by atomic mass is 10.2. The average molecular weight is 353 g/mol. The molecule has 2 heterocycles. The Morgan fingerprint density at radius 1 is 1.26 bits per heavy atom. The smallest absolute Gasteiger partial charge is 0.338 e. The molecule has 0 aliphatic carbocycles. The van der Waals surface area contributed by atoms with Gasteiger partial charge in [-0.15, -0.1) is 11.3 Å². The summed E-state index contributed by atoms with van der Waals surface area (Å²) in [5, 5.41) is 0.273. The molecule has 120 valence electrons. The highest BCUT2D eigenvalue weighted by atomic mass is 35.5. The van der Waals surface area contributed by atoms with Crippen molar-refractivity contribution >= 4 is 34.7 Å². The van der Waals surface area contributed by atoms with Crippen LogP contribution in [0, 0.1) is 6.92 Å². The summed E-state index contributed by atoms with van der Waals surface area (Å²) in [6.07, 6.45) is 0. The number of esters is 1. The van der Waals surface area contributed by atoms with E-state index in [2.05, 4.69) is 0 Å². The van der Waals surface area contributed by atoms with E-state index in [-0.39, 0.29) is 23.0 Å². The van der Waals surface area contributed by atoms with Gasteiger partial charge in [0.15, 0.2) is 18.1 Å². The number of carbonyl (C=O) groups excluding carboxylic acids is 2. The van der Waals surface area contributed by atoms with Gasteiger partial charge in [0.2, 0.25) is 5.78 Å². The summed E-state index contributed by atoms with van der Waals surface area (Å²) in [6, 6.07) is 6.51. The highest BCUT2D eigenvalue weighted by Gasteiger charge is 2.20. The Labute approximate surface area is 141 Å². The van der Waals surface area contributed by atoms with Crippen LogP contribution in [0.2, 0.25) is 5.02 Å². The number of ether oxygens (including phenoxy) is 3. The second-order valence-corrected chi connectivity index (χ2v) is 6.59. The molecule has 0 saturated heterocycles. The van der Waals surface area contributed by atoms with Crippen LogP contribution in [-0.2, 0) is 4.74 Å². The van der Waals surface area contributed by atoms with Crippen LogP contribution in [0.3, 0.4) is 0 Å². The van der Waals surface area contributed by atoms with Crippen LogP contribution in [0.4, 0.5) is 0 Å². The number of carbonyl (C=O) groups is 2. The molecule has 0 saturated carbocycles. The fourth-order valence-corrected chi connectivity index (χ4v) is 3.16. The van der Waals surface area contributed by atoms with E-state index in [1.54, 1.807) is 6.07 Å². The van der Waals surface area contributed by atoms with Crippen LogP contribution in [0.5, 0.6) is 11.5 Å². The Bertz CT molecular complexity index is 768. The molecule has 1 aromatic carbocycles. The van der Waals surface area contributed by atoms with Crippen molar-refractivity contribution in [2.75, 3.05) is 19.8 Å². The fourth-order valence-electron chi connectivity index (χ4n) is 2.10. The number of Topliss-reactive ketones (excluding diaryl/α,β-unsaturated/α-hetero) is 1. The van der Waals surface area contributed by atoms with E-state index in [1.807, 2.05) is 13.0 Å². The van der Waals surface area contributed by atoms with Crippen molar-refractivity contribution in [1.82, 2.24) is 0 Å². The maximum Gasteiger partial charge on any atom is 0.338 e. The largest absolute Gasteiger partial charge is 0.486 e. The predicted molar refractivity (Wildman–Crippen MR) is 86.1 cm³/mol. The van der Waals surface area contributed by atoms with Gasteiger partial charge in [0.1, 0.15) is 13.2 Å². The minimum absolute atomic E-state index is 0.217. The molecule has 0 spiro atoms. The Balaban J connectivity index is 1.69. The van der Waals surface area contributed by atoms with Crippen LogP contribution < -0.4 is 9.47 Å². The zero-order valence-corrected chi connectivity index (χ0v) is 13.8. The molecule has 0 N–H and O–H groups in total. The van der Waals surface area contributed by atoms with Crippen molar-refractivity contribution in [3.8, 4) is 11.5 Å². The van der Waals surface area contributed by atoms with E-state index >= 15 is 0 Å². The van der Waals surface area contributed by atoms with Crippen molar-refractivity contribution in [3.63, 3.8) is 0 Å². The second-order valence-electron chi connectivity index (χ2n) is 4.89. The van der Waals surface area contributed by atoms with E-state index < -0.39 is 5.97 Å². The summed E-state index contributed by atoms with van der Waals surface area (Å²) in [6.45, 7) is 2.39. The third kappa shape index (κ3) is 3.48. The van der Waals surface area contributed by atoms with Crippen molar-refractivity contribution in [3.05, 3.63) is 44.6 Å². The standard InChI is InChI=1S/C16H13ClO5S/c1-9-2-3-14(23-9)12(18)8-22-16(19)10-6-11(17)15-13(7-10)20-4-5-21-15/h2-3,6-7H,4-5,8H2,1H3. The number of hydrogen-bond donors (Lipinski definition) is 0. The van der Waals surface area contributed by atoms with E-state index in [0.717, 1.165) is 4.88 Å². The molecule has 1 aliphatic heterocycles. The van der Waals surface area contributed by atoms with Crippen molar-refractivity contribution in [1.29, 1.82) is 0 Å². The highest BCUT2D eigenvalue weighted by Crippen LogP contribution is 2.38. The number of hydrogen-bond acceptors (Lipinski definition) is 6. The SMILES string of the molecule is Cc1ccc(C(=O)COC(=O)c2cc(Cl)c3c(c2)OCCO3)s1. The molecule has 2 aromatic rings. The minimum Gasteiger partial charge on any atom is -0.486 e. The normalized spacial score (nSPS) is 12.8. The average Bonchev–Trinajstić information content (AvgIpc) is 2.99. The number of thiophene rings is 1. The number of fused-ring (bicyclic) bond motifs is 1. The lowest BCUT2D eigenvalue weighted by molar-refractivity contribution is 0.0475. The quantitative estimate of drug-likeness (QED) is 0.622. The van der Waals surface area contributed by atoms with Crippen LogP contribution in [0.1, 0.15) is 24.9 Å². The molecule has 0 fully saturated rings. The lowest BCUT2D eigenvalue weighted by Crippen LogP contribution is -2.17. The van der Waals surface area contributed by atoms with Gasteiger partial charge >= 0.3 is 5.97 Å². The molecular formula is C16H13ClO5S. The molecule has 0 unspecified atom stereocenters. The maximum atomic E-state index is 12.1. The molecule has 1 aliphatic rings. The summed E-state index contributed by atoms with van der Waals surface area (Å²) in [4.78, 5) is 25.6. The van der Waals surface area contributed by atoms with Gasteiger partial charge in [0, 0.05) is 4.88 Å². The van der Waals surface area contributed by atoms with Gasteiger partial charge < -0.3 is 14.2 Å². The maximum absolute atomic E-state index is 12.1. The first-order valence-electron chi connectivity index (χ1n) is 6.90. The van der Waals surface area contributed by atoms with Crippen molar-refractivity contribution < 1.29 is 23.8 Å². The molecule has 5 nitrogen and oxygen atoms in total. The van der Waals surface area contributed by atoms with Crippen molar-refractivity contribution in [2.24, 2.45) is 0 Å². The molecule has 3 rings (SSSR count). The van der Waals surface area contributed by atoms with E-state index in [0.29, 0.717) is 29.6 Å². The number of halogens is 1. The van der Waals surface area contributed by atoms with Gasteiger partial charge in [0.05, 0.1) is 15.5 Å². The third-order valence-corrected chi connectivity index (χ3v) is 4.50. The van der Waals surface area contributed by atoms with Crippen molar-refractivity contribution in [2.45, 2.75) is 6.92 Å². The molecular weight excluding hydrogens is 340 g/mol. The number of benzene rings is 1. The first kappa shape index (κ1) is 15.8. The minimum atomic E-state index is -0.634. The summed E-state index contributed by atoms with van der Waals surface area (Å²) in [7, 11) is 0. The number of aryl methyl sites for hydroxylation is 1. The molecule has 23 heavy (non-hydrogen) atoms. The highest BCUT2D eigenvalue weighted by molar-refractivity contribution is 7.14. The van der Waals surface area contributed by atoms with Crippen LogP contribution in [0.15, 0.2) is 24.3 Å². The monoisotopic (exact) mass is 352 g/mol. The van der Waals surface area contributed by atoms with Gasteiger partial charge in [-0.1, -0.05) is 11.6 Å². The van der Waals surface area contributed by atoms with Gasteiger partial charge in [-0.25, -0.2) is 4.79 Å².